The fourth-order valence-electron chi connectivity index (χ4n) is 1.92. The van der Waals surface area contributed by atoms with Gasteiger partial charge in [0.25, 0.3) is 0 Å². The number of rotatable bonds is 4. The highest BCUT2D eigenvalue weighted by Gasteiger charge is 2.16. The standard InChI is InChI=1S/C12H16N4O2/c13-8-6-9-7(1-2-12(18)16-9)5-10(8)15-4-3-11(14)17/h5-6,15H,1-4,13H2,(H2,14,17)(H,16,18). The highest BCUT2D eigenvalue weighted by Crippen LogP contribution is 2.30. The van der Waals surface area contributed by atoms with Gasteiger partial charge in [-0.3, -0.25) is 9.59 Å². The summed E-state index contributed by atoms with van der Waals surface area (Å²) in [5.41, 5.74) is 14.1. The van der Waals surface area contributed by atoms with Gasteiger partial charge in [-0.2, -0.15) is 0 Å². The van der Waals surface area contributed by atoms with E-state index in [0.29, 0.717) is 25.1 Å². The molecule has 1 aliphatic rings. The summed E-state index contributed by atoms with van der Waals surface area (Å²) in [5.74, 6) is -0.345. The molecule has 2 rings (SSSR count). The molecule has 2 amide bonds. The molecule has 18 heavy (non-hydrogen) atoms. The number of nitrogens with one attached hydrogen (secondary N) is 2. The van der Waals surface area contributed by atoms with Crippen LogP contribution in [0.4, 0.5) is 17.1 Å². The van der Waals surface area contributed by atoms with Crippen LogP contribution >= 0.6 is 0 Å². The van der Waals surface area contributed by atoms with Crippen molar-refractivity contribution < 1.29 is 9.59 Å². The number of hydrogen-bond acceptors (Lipinski definition) is 4. The van der Waals surface area contributed by atoms with Crippen LogP contribution in [-0.4, -0.2) is 18.4 Å². The van der Waals surface area contributed by atoms with Crippen molar-refractivity contribution in [2.45, 2.75) is 19.3 Å². The van der Waals surface area contributed by atoms with E-state index < -0.39 is 0 Å². The van der Waals surface area contributed by atoms with E-state index in [9.17, 15) is 9.59 Å². The van der Waals surface area contributed by atoms with E-state index in [1.807, 2.05) is 6.07 Å². The molecule has 0 saturated heterocycles. The molecule has 0 aromatic heterocycles. The Morgan fingerprint density at radius 2 is 2.17 bits per heavy atom. The monoisotopic (exact) mass is 248 g/mol. The van der Waals surface area contributed by atoms with Crippen molar-refractivity contribution in [2.75, 3.05) is 22.9 Å². The lowest BCUT2D eigenvalue weighted by Crippen LogP contribution is -2.20. The molecule has 1 aromatic carbocycles. The third kappa shape index (κ3) is 2.71. The number of carbonyl (C=O) groups excluding carboxylic acids is 2. The van der Waals surface area contributed by atoms with Crippen LogP contribution in [0, 0.1) is 0 Å². The van der Waals surface area contributed by atoms with Gasteiger partial charge in [-0.05, 0) is 24.1 Å². The fraction of sp³-hybridized carbons (Fsp3) is 0.333. The maximum absolute atomic E-state index is 11.3. The van der Waals surface area contributed by atoms with Crippen LogP contribution in [0.15, 0.2) is 12.1 Å². The fourth-order valence-corrected chi connectivity index (χ4v) is 1.92. The predicted molar refractivity (Wildman–Crippen MR) is 70.1 cm³/mol. The van der Waals surface area contributed by atoms with Crippen LogP contribution in [0.5, 0.6) is 0 Å². The molecule has 6 nitrogen and oxygen atoms in total. The van der Waals surface area contributed by atoms with Gasteiger partial charge in [0.2, 0.25) is 11.8 Å². The summed E-state index contributed by atoms with van der Waals surface area (Å²) in [4.78, 5) is 21.9. The molecular weight excluding hydrogens is 232 g/mol. The van der Waals surface area contributed by atoms with Crippen LogP contribution in [0.25, 0.3) is 0 Å². The van der Waals surface area contributed by atoms with Crippen LogP contribution in [0.1, 0.15) is 18.4 Å². The van der Waals surface area contributed by atoms with Gasteiger partial charge in [-0.15, -0.1) is 0 Å². The number of nitrogen functional groups attached to an aromatic ring is 1. The van der Waals surface area contributed by atoms with Gasteiger partial charge in [-0.25, -0.2) is 0 Å². The van der Waals surface area contributed by atoms with E-state index in [-0.39, 0.29) is 18.2 Å². The molecular formula is C12H16N4O2. The smallest absolute Gasteiger partial charge is 0.224 e. The van der Waals surface area contributed by atoms with Crippen LogP contribution < -0.4 is 22.1 Å². The molecule has 1 aliphatic heterocycles. The molecule has 0 saturated carbocycles. The lowest BCUT2D eigenvalue weighted by Gasteiger charge is -2.19. The van der Waals surface area contributed by atoms with Gasteiger partial charge in [0.05, 0.1) is 11.4 Å². The summed E-state index contributed by atoms with van der Waals surface area (Å²) in [6.07, 6.45) is 1.44. The molecule has 0 radical (unpaired) electrons. The van der Waals surface area contributed by atoms with E-state index in [0.717, 1.165) is 16.9 Å². The highest BCUT2D eigenvalue weighted by atomic mass is 16.2. The number of fused-ring (bicyclic) bond motifs is 1. The van der Waals surface area contributed by atoms with E-state index >= 15 is 0 Å². The first-order valence-electron chi connectivity index (χ1n) is 5.80. The second-order valence-electron chi connectivity index (χ2n) is 4.29. The SMILES string of the molecule is NC(=O)CCNc1cc2c(cc1N)NC(=O)CC2. The Hall–Kier alpha value is -2.24. The van der Waals surface area contributed by atoms with E-state index in [1.54, 1.807) is 6.07 Å². The summed E-state index contributed by atoms with van der Waals surface area (Å²) in [6, 6.07) is 3.64. The van der Waals surface area contributed by atoms with Crippen molar-refractivity contribution in [1.29, 1.82) is 0 Å². The Bertz CT molecular complexity index is 499. The number of amides is 2. The Morgan fingerprint density at radius 1 is 1.39 bits per heavy atom. The topological polar surface area (TPSA) is 110 Å². The van der Waals surface area contributed by atoms with Gasteiger partial charge in [0, 0.05) is 25.1 Å². The minimum atomic E-state index is -0.355. The van der Waals surface area contributed by atoms with E-state index in [1.165, 1.54) is 0 Å². The average molecular weight is 248 g/mol. The summed E-state index contributed by atoms with van der Waals surface area (Å²) >= 11 is 0. The number of hydrogen-bond donors (Lipinski definition) is 4. The molecule has 0 spiro atoms. The first-order chi connectivity index (χ1) is 8.56. The molecule has 6 heteroatoms. The number of aryl methyl sites for hydroxylation is 1. The van der Waals surface area contributed by atoms with Crippen LogP contribution in [0.2, 0.25) is 0 Å². The minimum absolute atomic E-state index is 0.0105. The molecule has 1 heterocycles. The molecule has 96 valence electrons. The van der Waals surface area contributed by atoms with Gasteiger partial charge >= 0.3 is 0 Å². The first-order valence-corrected chi connectivity index (χ1v) is 5.80. The van der Waals surface area contributed by atoms with Crippen molar-refractivity contribution in [1.82, 2.24) is 0 Å². The second kappa shape index (κ2) is 4.95. The zero-order chi connectivity index (χ0) is 13.1. The average Bonchev–Trinajstić information content (AvgIpc) is 2.29. The molecule has 0 atom stereocenters. The van der Waals surface area contributed by atoms with Crippen molar-refractivity contribution in [2.24, 2.45) is 5.73 Å². The third-order valence-electron chi connectivity index (χ3n) is 2.86. The third-order valence-corrected chi connectivity index (χ3v) is 2.86. The van der Waals surface area contributed by atoms with Crippen LogP contribution in [-0.2, 0) is 16.0 Å². The van der Waals surface area contributed by atoms with Crippen molar-refractivity contribution in [3.8, 4) is 0 Å². The molecule has 0 fully saturated rings. The summed E-state index contributed by atoms with van der Waals surface area (Å²) in [7, 11) is 0. The molecule has 1 aromatic rings. The zero-order valence-corrected chi connectivity index (χ0v) is 9.95. The maximum Gasteiger partial charge on any atom is 0.224 e. The number of primary amides is 1. The number of anilines is 3. The van der Waals surface area contributed by atoms with Gasteiger partial charge in [0.15, 0.2) is 0 Å². The Balaban J connectivity index is 2.12. The lowest BCUT2D eigenvalue weighted by molar-refractivity contribution is -0.118. The van der Waals surface area contributed by atoms with Gasteiger partial charge in [-0.1, -0.05) is 0 Å². The van der Waals surface area contributed by atoms with Crippen LogP contribution in [0.3, 0.4) is 0 Å². The summed E-state index contributed by atoms with van der Waals surface area (Å²) < 4.78 is 0. The zero-order valence-electron chi connectivity index (χ0n) is 9.95. The molecule has 0 unspecified atom stereocenters. The molecule has 6 N–H and O–H groups in total. The van der Waals surface area contributed by atoms with Gasteiger partial charge < -0.3 is 22.1 Å². The molecule has 0 bridgehead atoms. The Morgan fingerprint density at radius 3 is 2.89 bits per heavy atom. The number of nitrogens with two attached hydrogens (primary N) is 2. The number of benzene rings is 1. The quantitative estimate of drug-likeness (QED) is 0.579. The van der Waals surface area contributed by atoms with Crippen molar-refractivity contribution >= 4 is 28.9 Å². The van der Waals surface area contributed by atoms with Crippen molar-refractivity contribution in [3.05, 3.63) is 17.7 Å². The van der Waals surface area contributed by atoms with Crippen molar-refractivity contribution in [3.63, 3.8) is 0 Å². The predicted octanol–water partition coefficient (Wildman–Crippen LogP) is 0.441. The Kier molecular flexibility index (Phi) is 3.36. The molecule has 0 aliphatic carbocycles. The minimum Gasteiger partial charge on any atom is -0.397 e. The van der Waals surface area contributed by atoms with E-state index in [4.69, 9.17) is 11.5 Å². The Labute approximate surface area is 105 Å². The number of carbonyl (C=O) groups is 2. The first kappa shape index (κ1) is 12.2. The lowest BCUT2D eigenvalue weighted by atomic mass is 10.0. The second-order valence-corrected chi connectivity index (χ2v) is 4.29. The van der Waals surface area contributed by atoms with E-state index in [2.05, 4.69) is 10.6 Å². The van der Waals surface area contributed by atoms with Gasteiger partial charge in [0.1, 0.15) is 0 Å². The highest BCUT2D eigenvalue weighted by molar-refractivity contribution is 5.95. The largest absolute Gasteiger partial charge is 0.397 e. The normalized spacial score (nSPS) is 13.7. The summed E-state index contributed by atoms with van der Waals surface area (Å²) in [5, 5.41) is 5.85. The maximum atomic E-state index is 11.3. The summed E-state index contributed by atoms with van der Waals surface area (Å²) in [6.45, 7) is 0.449.